The van der Waals surface area contributed by atoms with Gasteiger partial charge >= 0.3 is 0 Å². The number of aryl methyl sites for hydroxylation is 1. The van der Waals surface area contributed by atoms with E-state index in [1.165, 1.54) is 31.5 Å². The van der Waals surface area contributed by atoms with Crippen LogP contribution in [0.5, 0.6) is 0 Å². The first-order valence-corrected chi connectivity index (χ1v) is 9.28. The average Bonchev–Trinajstić information content (AvgIpc) is 3.20. The molecule has 1 aliphatic heterocycles. The number of hydrogen-bond donors (Lipinski definition) is 0. The van der Waals surface area contributed by atoms with Crippen LogP contribution in [0.15, 0.2) is 36.5 Å². The molecule has 3 rings (SSSR count). The fourth-order valence-electron chi connectivity index (χ4n) is 3.67. The number of para-hydroxylation sites is 1. The zero-order valence-electron chi connectivity index (χ0n) is 15.3. The van der Waals surface area contributed by atoms with Gasteiger partial charge in [-0.25, -0.2) is 4.68 Å². The highest BCUT2D eigenvalue weighted by atomic mass is 15.3. The minimum absolute atomic E-state index is 0.685. The zero-order valence-corrected chi connectivity index (χ0v) is 15.3. The van der Waals surface area contributed by atoms with Crippen LogP contribution in [-0.2, 0) is 6.54 Å². The van der Waals surface area contributed by atoms with Crippen molar-refractivity contribution < 1.29 is 0 Å². The molecule has 2 heterocycles. The monoisotopic (exact) mass is 326 g/mol. The first-order chi connectivity index (χ1) is 11.7. The molecule has 0 unspecified atom stereocenters. The Bertz CT molecular complexity index is 630. The normalized spacial score (nSPS) is 18.6. The third-order valence-corrected chi connectivity index (χ3v) is 5.26. The summed E-state index contributed by atoms with van der Waals surface area (Å²) in [4.78, 5) is 5.20. The maximum atomic E-state index is 4.72. The van der Waals surface area contributed by atoms with Gasteiger partial charge in [-0.2, -0.15) is 5.10 Å². The number of nitrogens with zero attached hydrogens (tertiary/aromatic N) is 4. The predicted octanol–water partition coefficient (Wildman–Crippen LogP) is 3.49. The number of aromatic nitrogens is 2. The molecule has 1 aliphatic rings. The number of benzene rings is 1. The molecule has 0 bridgehead atoms. The van der Waals surface area contributed by atoms with Gasteiger partial charge in [-0.05, 0) is 51.5 Å². The molecule has 0 radical (unpaired) electrons. The maximum Gasteiger partial charge on any atom is 0.0645 e. The van der Waals surface area contributed by atoms with Gasteiger partial charge in [0.05, 0.1) is 11.4 Å². The molecule has 2 aromatic rings. The largest absolute Gasteiger partial charge is 0.302 e. The lowest BCUT2D eigenvalue weighted by Crippen LogP contribution is -2.40. The number of likely N-dealkylation sites (N-methyl/N-ethyl adjacent to an activating group) is 1. The predicted molar refractivity (Wildman–Crippen MR) is 99.5 cm³/mol. The van der Waals surface area contributed by atoms with Crippen LogP contribution in [0.4, 0.5) is 0 Å². The lowest BCUT2D eigenvalue weighted by atomic mass is 10.2. The molecular weight excluding hydrogens is 296 g/mol. The van der Waals surface area contributed by atoms with Crippen LogP contribution in [0.25, 0.3) is 5.69 Å². The summed E-state index contributed by atoms with van der Waals surface area (Å²) in [5.41, 5.74) is 3.63. The maximum absolute atomic E-state index is 4.72. The Morgan fingerprint density at radius 1 is 1.17 bits per heavy atom. The summed E-state index contributed by atoms with van der Waals surface area (Å²) in [5, 5.41) is 4.72. The second-order valence-corrected chi connectivity index (χ2v) is 6.77. The van der Waals surface area contributed by atoms with Gasteiger partial charge in [0.1, 0.15) is 0 Å². The van der Waals surface area contributed by atoms with Gasteiger partial charge in [0, 0.05) is 30.9 Å². The van der Waals surface area contributed by atoms with E-state index in [9.17, 15) is 0 Å². The molecule has 0 spiro atoms. The highest BCUT2D eigenvalue weighted by Crippen LogP contribution is 2.22. The van der Waals surface area contributed by atoms with E-state index in [-0.39, 0.29) is 0 Å². The van der Waals surface area contributed by atoms with Crippen molar-refractivity contribution in [2.75, 3.05) is 26.2 Å². The van der Waals surface area contributed by atoms with Gasteiger partial charge < -0.3 is 4.90 Å². The van der Waals surface area contributed by atoms with Crippen molar-refractivity contribution in [1.82, 2.24) is 19.6 Å². The molecular formula is C20H30N4. The second kappa shape index (κ2) is 7.95. The number of rotatable bonds is 7. The molecule has 4 nitrogen and oxygen atoms in total. The van der Waals surface area contributed by atoms with E-state index >= 15 is 0 Å². The van der Waals surface area contributed by atoms with E-state index in [1.54, 1.807) is 0 Å². The van der Waals surface area contributed by atoms with Crippen LogP contribution in [0, 0.1) is 6.92 Å². The standard InChI is InChI=1S/C20H30N4/c1-4-22(5-2)16-20-12-9-13-23(20)14-18-15-24(21-17(18)3)19-10-7-6-8-11-19/h6-8,10-11,15,20H,4-5,9,12-14,16H2,1-3H3/t20-/m1/s1. The zero-order chi connectivity index (χ0) is 16.9. The minimum Gasteiger partial charge on any atom is -0.302 e. The minimum atomic E-state index is 0.685. The molecule has 1 aromatic carbocycles. The highest BCUT2D eigenvalue weighted by Gasteiger charge is 2.26. The molecule has 0 N–H and O–H groups in total. The van der Waals surface area contributed by atoms with E-state index in [2.05, 4.69) is 61.0 Å². The summed E-state index contributed by atoms with van der Waals surface area (Å²) in [6.45, 7) is 12.4. The van der Waals surface area contributed by atoms with Crippen molar-refractivity contribution in [1.29, 1.82) is 0 Å². The molecule has 0 amide bonds. The fourth-order valence-corrected chi connectivity index (χ4v) is 3.67. The summed E-state index contributed by atoms with van der Waals surface area (Å²) in [7, 11) is 0. The Morgan fingerprint density at radius 2 is 1.92 bits per heavy atom. The highest BCUT2D eigenvalue weighted by molar-refractivity contribution is 5.32. The van der Waals surface area contributed by atoms with Crippen LogP contribution >= 0.6 is 0 Å². The van der Waals surface area contributed by atoms with Crippen molar-refractivity contribution in [3.63, 3.8) is 0 Å². The Labute approximate surface area is 146 Å². The molecule has 4 heteroatoms. The van der Waals surface area contributed by atoms with Crippen LogP contribution in [0.1, 0.15) is 37.9 Å². The smallest absolute Gasteiger partial charge is 0.0645 e. The SMILES string of the molecule is CCN(CC)C[C@H]1CCCN1Cc1cn(-c2ccccc2)nc1C. The molecule has 24 heavy (non-hydrogen) atoms. The van der Waals surface area contributed by atoms with Crippen LogP contribution in [-0.4, -0.2) is 51.8 Å². The van der Waals surface area contributed by atoms with Gasteiger partial charge in [0.25, 0.3) is 0 Å². The van der Waals surface area contributed by atoms with Gasteiger partial charge in [0.2, 0.25) is 0 Å². The van der Waals surface area contributed by atoms with E-state index in [4.69, 9.17) is 5.10 Å². The second-order valence-electron chi connectivity index (χ2n) is 6.77. The van der Waals surface area contributed by atoms with Crippen LogP contribution < -0.4 is 0 Å². The molecule has 130 valence electrons. The van der Waals surface area contributed by atoms with E-state index in [0.717, 1.165) is 31.0 Å². The molecule has 1 saturated heterocycles. The van der Waals surface area contributed by atoms with E-state index in [1.807, 2.05) is 10.7 Å². The Balaban J connectivity index is 1.70. The number of likely N-dealkylation sites (tertiary alicyclic amines) is 1. The van der Waals surface area contributed by atoms with E-state index < -0.39 is 0 Å². The lowest BCUT2D eigenvalue weighted by Gasteiger charge is -2.29. The van der Waals surface area contributed by atoms with Crippen molar-refractivity contribution in [2.45, 2.75) is 46.2 Å². The van der Waals surface area contributed by atoms with Gasteiger partial charge in [0.15, 0.2) is 0 Å². The quantitative estimate of drug-likeness (QED) is 0.778. The Morgan fingerprint density at radius 3 is 2.62 bits per heavy atom. The van der Waals surface area contributed by atoms with Gasteiger partial charge in [-0.3, -0.25) is 4.90 Å². The molecule has 1 fully saturated rings. The molecule has 0 aliphatic carbocycles. The topological polar surface area (TPSA) is 24.3 Å². The number of hydrogen-bond acceptors (Lipinski definition) is 3. The third kappa shape index (κ3) is 3.87. The van der Waals surface area contributed by atoms with Gasteiger partial charge in [-0.15, -0.1) is 0 Å². The molecule has 0 saturated carbocycles. The first-order valence-electron chi connectivity index (χ1n) is 9.28. The first kappa shape index (κ1) is 17.2. The molecule has 1 atom stereocenters. The van der Waals surface area contributed by atoms with E-state index in [0.29, 0.717) is 6.04 Å². The van der Waals surface area contributed by atoms with Crippen molar-refractivity contribution in [3.8, 4) is 5.69 Å². The summed E-state index contributed by atoms with van der Waals surface area (Å²) in [6.07, 6.45) is 4.84. The Kier molecular flexibility index (Phi) is 5.69. The molecule has 1 aromatic heterocycles. The Hall–Kier alpha value is -1.65. The fraction of sp³-hybridized carbons (Fsp3) is 0.550. The van der Waals surface area contributed by atoms with Gasteiger partial charge in [-0.1, -0.05) is 32.0 Å². The van der Waals surface area contributed by atoms with Crippen LogP contribution in [0.3, 0.4) is 0 Å². The van der Waals surface area contributed by atoms with Crippen molar-refractivity contribution >= 4 is 0 Å². The summed E-state index contributed by atoms with van der Waals surface area (Å²) < 4.78 is 2.01. The summed E-state index contributed by atoms with van der Waals surface area (Å²) in [5.74, 6) is 0. The van der Waals surface area contributed by atoms with Crippen molar-refractivity contribution in [2.24, 2.45) is 0 Å². The summed E-state index contributed by atoms with van der Waals surface area (Å²) in [6, 6.07) is 11.1. The average molecular weight is 326 g/mol. The van der Waals surface area contributed by atoms with Crippen molar-refractivity contribution in [3.05, 3.63) is 47.8 Å². The summed E-state index contributed by atoms with van der Waals surface area (Å²) >= 11 is 0. The van der Waals surface area contributed by atoms with Crippen LogP contribution in [0.2, 0.25) is 0 Å². The third-order valence-electron chi connectivity index (χ3n) is 5.26. The lowest BCUT2D eigenvalue weighted by molar-refractivity contribution is 0.175.